The Morgan fingerprint density at radius 1 is 1.06 bits per heavy atom. The van der Waals surface area contributed by atoms with Crippen molar-refractivity contribution in [1.82, 2.24) is 25.9 Å². The Morgan fingerprint density at radius 2 is 1.65 bits per heavy atom. The Hall–Kier alpha value is -2.38. The molecule has 4 aliphatic carbocycles. The number of amides is 3. The zero-order valence-electron chi connectivity index (χ0n) is 19.0. The van der Waals surface area contributed by atoms with Crippen molar-refractivity contribution in [2.24, 2.45) is 29.1 Å². The first-order valence-corrected chi connectivity index (χ1v) is 11.6. The summed E-state index contributed by atoms with van der Waals surface area (Å²) in [6.45, 7) is 7.57. The topological polar surface area (TPSA) is 105 Å². The van der Waals surface area contributed by atoms with Gasteiger partial charge in [-0.15, -0.1) is 0 Å². The van der Waals surface area contributed by atoms with Crippen LogP contribution in [-0.2, 0) is 20.9 Å². The Kier molecular flexibility index (Phi) is 5.83. The second-order valence-corrected chi connectivity index (χ2v) is 10.5. The van der Waals surface area contributed by atoms with Crippen LogP contribution in [0.25, 0.3) is 0 Å². The summed E-state index contributed by atoms with van der Waals surface area (Å²) in [5, 5.41) is 7.30. The number of hydrazine groups is 1. The first-order chi connectivity index (χ1) is 14.6. The fraction of sp³-hybridized carbons (Fsp3) is 0.739. The molecule has 1 aromatic rings. The summed E-state index contributed by atoms with van der Waals surface area (Å²) >= 11 is 0. The van der Waals surface area contributed by atoms with Gasteiger partial charge >= 0.3 is 0 Å². The number of nitrogens with zero attached hydrogens (tertiary/aromatic N) is 2. The van der Waals surface area contributed by atoms with Crippen molar-refractivity contribution in [2.45, 2.75) is 78.8 Å². The van der Waals surface area contributed by atoms with Crippen LogP contribution in [0.15, 0.2) is 6.07 Å². The molecule has 8 nitrogen and oxygen atoms in total. The fourth-order valence-electron chi connectivity index (χ4n) is 6.44. The number of carbonyl (C=O) groups is 3. The molecule has 0 spiro atoms. The van der Waals surface area contributed by atoms with Crippen molar-refractivity contribution in [1.29, 1.82) is 0 Å². The average Bonchev–Trinajstić information content (AvgIpc) is 2.99. The Bertz CT molecular complexity index is 839. The third-order valence-electron chi connectivity index (χ3n) is 7.48. The van der Waals surface area contributed by atoms with Gasteiger partial charge in [0.05, 0.1) is 5.69 Å². The quantitative estimate of drug-likeness (QED) is 0.602. The van der Waals surface area contributed by atoms with E-state index < -0.39 is 11.9 Å². The first-order valence-electron chi connectivity index (χ1n) is 11.6. The van der Waals surface area contributed by atoms with Gasteiger partial charge in [0, 0.05) is 11.1 Å². The minimum absolute atomic E-state index is 0.0198. The molecule has 3 N–H and O–H groups in total. The fourth-order valence-corrected chi connectivity index (χ4v) is 6.44. The van der Waals surface area contributed by atoms with Gasteiger partial charge in [-0.1, -0.05) is 13.8 Å². The lowest BCUT2D eigenvalue weighted by molar-refractivity contribution is -0.149. The molecule has 4 aliphatic rings. The van der Waals surface area contributed by atoms with E-state index in [4.69, 9.17) is 0 Å². The van der Waals surface area contributed by atoms with E-state index in [-0.39, 0.29) is 29.7 Å². The van der Waals surface area contributed by atoms with Crippen LogP contribution in [0.1, 0.15) is 63.8 Å². The third kappa shape index (κ3) is 4.48. The van der Waals surface area contributed by atoms with E-state index in [1.807, 2.05) is 33.8 Å². The molecule has 4 saturated carbocycles. The highest BCUT2D eigenvalue weighted by Crippen LogP contribution is 2.60. The zero-order valence-corrected chi connectivity index (χ0v) is 19.0. The molecule has 3 amide bonds. The summed E-state index contributed by atoms with van der Waals surface area (Å²) in [5.74, 6) is 1.16. The number of carbonyl (C=O) groups excluding carboxylic acids is 3. The maximum Gasteiger partial charge on any atom is 0.261 e. The summed E-state index contributed by atoms with van der Waals surface area (Å²) < 4.78 is 1.59. The van der Waals surface area contributed by atoms with Crippen molar-refractivity contribution in [3.63, 3.8) is 0 Å². The maximum absolute atomic E-state index is 13.3. The normalized spacial score (nSPS) is 29.6. The smallest absolute Gasteiger partial charge is 0.261 e. The van der Waals surface area contributed by atoms with Crippen molar-refractivity contribution in [2.75, 3.05) is 0 Å². The standard InChI is InChI=1S/C23H35N5O3/c1-13(2)20(21(30)26-25-19(29)12-28-15(4)5-14(3)27-28)24-22(31)23-9-16-6-17(10-23)8-18(7-16)11-23/h5,13,16-18,20H,6-12H2,1-4H3,(H,24,31)(H,25,29)(H,26,30)/t16?,17?,18?,20-,23?/m1/s1. The molecule has 5 rings (SSSR count). The van der Waals surface area contributed by atoms with Gasteiger partial charge in [0.15, 0.2) is 0 Å². The van der Waals surface area contributed by atoms with Crippen molar-refractivity contribution in [3.05, 3.63) is 17.5 Å². The van der Waals surface area contributed by atoms with Crippen molar-refractivity contribution < 1.29 is 14.4 Å². The highest BCUT2D eigenvalue weighted by Gasteiger charge is 2.55. The van der Waals surface area contributed by atoms with Crippen LogP contribution in [-0.4, -0.2) is 33.5 Å². The predicted molar refractivity (Wildman–Crippen MR) is 115 cm³/mol. The van der Waals surface area contributed by atoms with E-state index in [0.29, 0.717) is 17.8 Å². The number of aromatic nitrogens is 2. The van der Waals surface area contributed by atoms with E-state index in [1.165, 1.54) is 19.3 Å². The van der Waals surface area contributed by atoms with Gasteiger partial charge in [-0.2, -0.15) is 5.10 Å². The van der Waals surface area contributed by atoms with Gasteiger partial charge in [0.25, 0.3) is 11.8 Å². The summed E-state index contributed by atoms with van der Waals surface area (Å²) in [5.41, 5.74) is 6.36. The van der Waals surface area contributed by atoms with E-state index in [1.54, 1.807) is 4.68 Å². The molecule has 170 valence electrons. The Morgan fingerprint density at radius 3 is 2.13 bits per heavy atom. The lowest BCUT2D eigenvalue weighted by Gasteiger charge is -2.55. The SMILES string of the molecule is Cc1cc(C)n(CC(=O)NNC(=O)[C@H](NC(=O)C23CC4CC(CC(C4)C2)C3)C(C)C)n1. The van der Waals surface area contributed by atoms with Gasteiger partial charge in [-0.3, -0.25) is 29.9 Å². The maximum atomic E-state index is 13.3. The second kappa shape index (κ2) is 8.28. The highest BCUT2D eigenvalue weighted by atomic mass is 16.2. The van der Waals surface area contributed by atoms with Gasteiger partial charge in [-0.05, 0) is 82.1 Å². The summed E-state index contributed by atoms with van der Waals surface area (Å²) in [4.78, 5) is 38.4. The molecule has 0 radical (unpaired) electrons. The van der Waals surface area contributed by atoms with Crippen LogP contribution >= 0.6 is 0 Å². The minimum atomic E-state index is -0.686. The summed E-state index contributed by atoms with van der Waals surface area (Å²) in [6, 6.07) is 1.20. The molecule has 1 aromatic heterocycles. The molecular formula is C23H35N5O3. The van der Waals surface area contributed by atoms with Crippen LogP contribution < -0.4 is 16.2 Å². The molecule has 4 fully saturated rings. The lowest BCUT2D eigenvalue weighted by Crippen LogP contribution is -2.60. The predicted octanol–water partition coefficient (Wildman–Crippen LogP) is 2.00. The van der Waals surface area contributed by atoms with Crippen LogP contribution in [0.3, 0.4) is 0 Å². The number of hydrogen-bond acceptors (Lipinski definition) is 4. The molecule has 4 bridgehead atoms. The molecular weight excluding hydrogens is 394 g/mol. The number of aryl methyl sites for hydroxylation is 2. The highest BCUT2D eigenvalue weighted by molar-refractivity contribution is 5.91. The van der Waals surface area contributed by atoms with E-state index in [0.717, 1.165) is 30.7 Å². The molecule has 0 aliphatic heterocycles. The number of rotatable bonds is 6. The van der Waals surface area contributed by atoms with Crippen LogP contribution in [0, 0.1) is 42.9 Å². The first kappa shape index (κ1) is 21.8. The van der Waals surface area contributed by atoms with Gasteiger partial charge in [0.1, 0.15) is 12.6 Å². The molecule has 0 saturated heterocycles. The molecule has 31 heavy (non-hydrogen) atoms. The van der Waals surface area contributed by atoms with E-state index in [2.05, 4.69) is 21.3 Å². The van der Waals surface area contributed by atoms with Crippen LogP contribution in [0.5, 0.6) is 0 Å². The molecule has 1 heterocycles. The van der Waals surface area contributed by atoms with Gasteiger partial charge in [0.2, 0.25) is 5.91 Å². The van der Waals surface area contributed by atoms with Crippen LogP contribution in [0.2, 0.25) is 0 Å². The molecule has 8 heteroatoms. The average molecular weight is 430 g/mol. The lowest BCUT2D eigenvalue weighted by atomic mass is 9.49. The third-order valence-corrected chi connectivity index (χ3v) is 7.48. The van der Waals surface area contributed by atoms with Crippen LogP contribution in [0.4, 0.5) is 0 Å². The van der Waals surface area contributed by atoms with E-state index >= 15 is 0 Å². The van der Waals surface area contributed by atoms with Gasteiger partial charge in [-0.25, -0.2) is 0 Å². The van der Waals surface area contributed by atoms with E-state index in [9.17, 15) is 14.4 Å². The largest absolute Gasteiger partial charge is 0.344 e. The summed E-state index contributed by atoms with van der Waals surface area (Å²) in [6.07, 6.45) is 6.66. The minimum Gasteiger partial charge on any atom is -0.344 e. The second-order valence-electron chi connectivity index (χ2n) is 10.5. The molecule has 0 unspecified atom stereocenters. The monoisotopic (exact) mass is 429 g/mol. The van der Waals surface area contributed by atoms with Gasteiger partial charge < -0.3 is 5.32 Å². The molecule has 1 atom stereocenters. The summed E-state index contributed by atoms with van der Waals surface area (Å²) in [7, 11) is 0. The molecule has 0 aromatic carbocycles. The zero-order chi connectivity index (χ0) is 22.3. The van der Waals surface area contributed by atoms with Crippen molar-refractivity contribution >= 4 is 17.7 Å². The number of hydrogen-bond donors (Lipinski definition) is 3. The Labute approximate surface area is 183 Å². The van der Waals surface area contributed by atoms with Crippen molar-refractivity contribution in [3.8, 4) is 0 Å². The number of nitrogens with one attached hydrogen (secondary N) is 3. The Balaban J connectivity index is 1.34.